The second-order valence-corrected chi connectivity index (χ2v) is 6.40. The van der Waals surface area contributed by atoms with Crippen molar-refractivity contribution in [2.24, 2.45) is 5.41 Å². The molecule has 20 heavy (non-hydrogen) atoms. The lowest BCUT2D eigenvalue weighted by atomic mass is 9.61. The maximum absolute atomic E-state index is 8.90. The fraction of sp³-hybridized carbons (Fsp3) is 0.562. The number of hydrogen-bond donors (Lipinski definition) is 1. The normalized spacial score (nSPS) is 28.6. The van der Waals surface area contributed by atoms with E-state index in [4.69, 9.17) is 10.00 Å². The minimum absolute atomic E-state index is 0.170. The fourth-order valence-corrected chi connectivity index (χ4v) is 3.36. The van der Waals surface area contributed by atoms with E-state index in [1.165, 1.54) is 0 Å². The number of nitriles is 1. The molecule has 0 heterocycles. The van der Waals surface area contributed by atoms with Gasteiger partial charge in [0.15, 0.2) is 0 Å². The van der Waals surface area contributed by atoms with Crippen LogP contribution < -0.4 is 5.32 Å². The first-order chi connectivity index (χ1) is 9.55. The zero-order valence-electron chi connectivity index (χ0n) is 12.2. The number of anilines is 1. The molecule has 3 nitrogen and oxygen atoms in total. The molecule has 0 saturated heterocycles. The van der Waals surface area contributed by atoms with E-state index in [-0.39, 0.29) is 5.41 Å². The predicted molar refractivity (Wildman–Crippen MR) is 84.7 cm³/mol. The summed E-state index contributed by atoms with van der Waals surface area (Å²) in [6.45, 7) is 7.32. The SMILES string of the molecule is CCOC1CC(Nc2ccc(C#N)cc2Br)C1(C)CC. The van der Waals surface area contributed by atoms with Crippen LogP contribution in [-0.2, 0) is 4.74 Å². The van der Waals surface area contributed by atoms with Crippen LogP contribution in [0.1, 0.15) is 39.2 Å². The molecular weight excluding hydrogens is 316 g/mol. The number of hydrogen-bond acceptors (Lipinski definition) is 3. The number of nitrogens with one attached hydrogen (secondary N) is 1. The standard InChI is InChI=1S/C16H21BrN2O/c1-4-16(3)14(9-15(16)20-5-2)19-13-7-6-11(10-18)8-12(13)17/h6-8,14-15,19H,4-5,9H2,1-3H3. The van der Waals surface area contributed by atoms with E-state index in [2.05, 4.69) is 41.2 Å². The fourth-order valence-electron chi connectivity index (χ4n) is 2.86. The van der Waals surface area contributed by atoms with Crippen LogP contribution in [0.2, 0.25) is 0 Å². The molecule has 1 aliphatic carbocycles. The third-order valence-electron chi connectivity index (χ3n) is 4.54. The molecule has 108 valence electrons. The van der Waals surface area contributed by atoms with Crippen LogP contribution in [0.25, 0.3) is 0 Å². The molecule has 1 N–H and O–H groups in total. The van der Waals surface area contributed by atoms with Gasteiger partial charge in [-0.05, 0) is 53.9 Å². The minimum Gasteiger partial charge on any atom is -0.381 e. The molecule has 1 fully saturated rings. The highest BCUT2D eigenvalue weighted by Gasteiger charge is 2.51. The zero-order chi connectivity index (χ0) is 14.8. The lowest BCUT2D eigenvalue weighted by molar-refractivity contribution is -0.109. The molecule has 0 spiro atoms. The smallest absolute Gasteiger partial charge is 0.0992 e. The summed E-state index contributed by atoms with van der Waals surface area (Å²) in [4.78, 5) is 0. The van der Waals surface area contributed by atoms with Crippen molar-refractivity contribution in [3.63, 3.8) is 0 Å². The average molecular weight is 337 g/mol. The molecule has 1 aromatic rings. The van der Waals surface area contributed by atoms with Crippen LogP contribution in [0.4, 0.5) is 5.69 Å². The monoisotopic (exact) mass is 336 g/mol. The number of benzene rings is 1. The highest BCUT2D eigenvalue weighted by atomic mass is 79.9. The molecule has 1 saturated carbocycles. The van der Waals surface area contributed by atoms with Crippen molar-refractivity contribution in [2.45, 2.75) is 45.8 Å². The highest BCUT2D eigenvalue weighted by Crippen LogP contribution is 2.47. The molecule has 0 radical (unpaired) electrons. The maximum Gasteiger partial charge on any atom is 0.0992 e. The lowest BCUT2D eigenvalue weighted by Gasteiger charge is -2.54. The predicted octanol–water partition coefficient (Wildman–Crippen LogP) is 4.33. The van der Waals surface area contributed by atoms with Gasteiger partial charge in [-0.3, -0.25) is 0 Å². The van der Waals surface area contributed by atoms with Gasteiger partial charge in [0.05, 0.1) is 17.7 Å². The Morgan fingerprint density at radius 3 is 2.80 bits per heavy atom. The van der Waals surface area contributed by atoms with Crippen molar-refractivity contribution in [2.75, 3.05) is 11.9 Å². The number of ether oxygens (including phenoxy) is 1. The summed E-state index contributed by atoms with van der Waals surface area (Å²) < 4.78 is 6.76. The van der Waals surface area contributed by atoms with E-state index in [1.54, 1.807) is 0 Å². The van der Waals surface area contributed by atoms with Gasteiger partial charge < -0.3 is 10.1 Å². The lowest BCUT2D eigenvalue weighted by Crippen LogP contribution is -2.59. The third-order valence-corrected chi connectivity index (χ3v) is 5.20. The van der Waals surface area contributed by atoms with Crippen molar-refractivity contribution >= 4 is 21.6 Å². The molecule has 0 aliphatic heterocycles. The summed E-state index contributed by atoms with van der Waals surface area (Å²) in [6.07, 6.45) is 2.46. The Kier molecular flexibility index (Phi) is 4.72. The zero-order valence-corrected chi connectivity index (χ0v) is 13.8. The van der Waals surface area contributed by atoms with Gasteiger partial charge in [-0.2, -0.15) is 5.26 Å². The summed E-state index contributed by atoms with van der Waals surface area (Å²) in [6, 6.07) is 8.22. The number of halogens is 1. The van der Waals surface area contributed by atoms with Gasteiger partial charge in [-0.15, -0.1) is 0 Å². The van der Waals surface area contributed by atoms with E-state index in [9.17, 15) is 0 Å². The molecule has 2 rings (SSSR count). The van der Waals surface area contributed by atoms with Crippen LogP contribution in [0.3, 0.4) is 0 Å². The number of nitrogens with zero attached hydrogens (tertiary/aromatic N) is 1. The van der Waals surface area contributed by atoms with Crippen LogP contribution in [-0.4, -0.2) is 18.8 Å². The first kappa shape index (κ1) is 15.3. The quantitative estimate of drug-likeness (QED) is 0.870. The molecule has 3 unspecified atom stereocenters. The first-order valence-electron chi connectivity index (χ1n) is 7.13. The van der Waals surface area contributed by atoms with E-state index < -0.39 is 0 Å². The Labute approximate surface area is 129 Å². The molecule has 0 bridgehead atoms. The van der Waals surface area contributed by atoms with Crippen molar-refractivity contribution in [3.05, 3.63) is 28.2 Å². The van der Waals surface area contributed by atoms with Gasteiger partial charge in [-0.25, -0.2) is 0 Å². The van der Waals surface area contributed by atoms with Crippen LogP contribution in [0.5, 0.6) is 0 Å². The van der Waals surface area contributed by atoms with Gasteiger partial charge in [0.2, 0.25) is 0 Å². The summed E-state index contributed by atoms with van der Waals surface area (Å²) in [5.41, 5.74) is 1.88. The van der Waals surface area contributed by atoms with Gasteiger partial charge in [0, 0.05) is 28.2 Å². The van der Waals surface area contributed by atoms with Crippen molar-refractivity contribution in [3.8, 4) is 6.07 Å². The van der Waals surface area contributed by atoms with E-state index in [0.29, 0.717) is 17.7 Å². The Balaban J connectivity index is 2.10. The molecular formula is C16H21BrN2O. The topological polar surface area (TPSA) is 45.0 Å². The van der Waals surface area contributed by atoms with E-state index in [1.807, 2.05) is 25.1 Å². The van der Waals surface area contributed by atoms with Crippen LogP contribution in [0, 0.1) is 16.7 Å². The summed E-state index contributed by atoms with van der Waals surface area (Å²) in [7, 11) is 0. The first-order valence-corrected chi connectivity index (χ1v) is 7.92. The van der Waals surface area contributed by atoms with Gasteiger partial charge in [0.1, 0.15) is 0 Å². The molecule has 3 atom stereocenters. The Morgan fingerprint density at radius 1 is 1.50 bits per heavy atom. The minimum atomic E-state index is 0.170. The van der Waals surface area contributed by atoms with E-state index in [0.717, 1.165) is 29.6 Å². The highest BCUT2D eigenvalue weighted by molar-refractivity contribution is 9.10. The average Bonchev–Trinajstić information content (AvgIpc) is 2.46. The molecule has 1 aliphatic rings. The Morgan fingerprint density at radius 2 is 2.25 bits per heavy atom. The van der Waals surface area contributed by atoms with Crippen LogP contribution in [0.15, 0.2) is 22.7 Å². The van der Waals surface area contributed by atoms with Gasteiger partial charge >= 0.3 is 0 Å². The maximum atomic E-state index is 8.90. The van der Waals surface area contributed by atoms with Crippen molar-refractivity contribution in [1.29, 1.82) is 5.26 Å². The van der Waals surface area contributed by atoms with Gasteiger partial charge in [0.25, 0.3) is 0 Å². The van der Waals surface area contributed by atoms with Crippen molar-refractivity contribution < 1.29 is 4.74 Å². The Bertz CT molecular complexity index is 526. The molecule has 1 aromatic carbocycles. The molecule has 0 aromatic heterocycles. The van der Waals surface area contributed by atoms with Gasteiger partial charge in [-0.1, -0.05) is 13.8 Å². The summed E-state index contributed by atoms with van der Waals surface area (Å²) in [5, 5.41) is 12.5. The second-order valence-electron chi connectivity index (χ2n) is 5.54. The Hall–Kier alpha value is -1.05. The third kappa shape index (κ3) is 2.70. The summed E-state index contributed by atoms with van der Waals surface area (Å²) >= 11 is 3.53. The van der Waals surface area contributed by atoms with Crippen LogP contribution >= 0.6 is 15.9 Å². The van der Waals surface area contributed by atoms with E-state index >= 15 is 0 Å². The molecule has 4 heteroatoms. The summed E-state index contributed by atoms with van der Waals surface area (Å²) in [5.74, 6) is 0. The number of rotatable bonds is 5. The largest absolute Gasteiger partial charge is 0.381 e. The molecule has 0 amide bonds. The second kappa shape index (κ2) is 6.15. The van der Waals surface area contributed by atoms with Crippen molar-refractivity contribution in [1.82, 2.24) is 0 Å².